The molecule has 5 nitrogen and oxygen atoms in total. The third kappa shape index (κ3) is 3.01. The summed E-state index contributed by atoms with van der Waals surface area (Å²) in [6.45, 7) is 0.305. The Morgan fingerprint density at radius 3 is 1.93 bits per heavy atom. The predicted molar refractivity (Wildman–Crippen MR) is 105 cm³/mol. The maximum atomic E-state index is 12.7. The van der Waals surface area contributed by atoms with Crippen molar-refractivity contribution >= 4 is 12.1 Å². The van der Waals surface area contributed by atoms with Gasteiger partial charge in [-0.15, -0.1) is 0 Å². The molecule has 1 amide bonds. The fourth-order valence-corrected chi connectivity index (χ4v) is 3.79. The molecule has 5 heteroatoms. The van der Waals surface area contributed by atoms with Crippen LogP contribution in [0.1, 0.15) is 33.1 Å². The van der Waals surface area contributed by atoms with Crippen LogP contribution in [0.3, 0.4) is 0 Å². The zero-order valence-corrected chi connectivity index (χ0v) is 15.3. The van der Waals surface area contributed by atoms with Gasteiger partial charge in [0.05, 0.1) is 18.7 Å². The highest BCUT2D eigenvalue weighted by Gasteiger charge is 2.35. The van der Waals surface area contributed by atoms with Crippen molar-refractivity contribution in [2.75, 3.05) is 7.11 Å². The van der Waals surface area contributed by atoms with Crippen LogP contribution in [0.2, 0.25) is 0 Å². The lowest BCUT2D eigenvalue weighted by Gasteiger charge is -2.29. The molecule has 1 aliphatic rings. The molecular formula is C23H19NO4. The quantitative estimate of drug-likeness (QED) is 0.718. The molecule has 0 unspecified atom stereocenters. The van der Waals surface area contributed by atoms with E-state index in [0.29, 0.717) is 6.54 Å². The Labute approximate surface area is 162 Å². The molecule has 3 aromatic carbocycles. The molecule has 0 aliphatic heterocycles. The van der Waals surface area contributed by atoms with Crippen LogP contribution in [0.4, 0.5) is 4.79 Å². The first-order valence-corrected chi connectivity index (χ1v) is 8.95. The van der Waals surface area contributed by atoms with Crippen molar-refractivity contribution in [3.8, 4) is 11.1 Å². The summed E-state index contributed by atoms with van der Waals surface area (Å²) < 4.78 is 5.08. The highest BCUT2D eigenvalue weighted by atomic mass is 16.5. The maximum absolute atomic E-state index is 12.7. The summed E-state index contributed by atoms with van der Waals surface area (Å²) in [6.07, 6.45) is -0.432. The number of hydrogen-bond donors (Lipinski definition) is 1. The molecule has 1 N–H and O–H groups in total. The van der Waals surface area contributed by atoms with Crippen LogP contribution in [0, 0.1) is 0 Å². The van der Waals surface area contributed by atoms with E-state index in [1.54, 1.807) is 29.2 Å². The van der Waals surface area contributed by atoms with Gasteiger partial charge in [-0.3, -0.25) is 4.90 Å². The molecule has 0 saturated carbocycles. The van der Waals surface area contributed by atoms with Gasteiger partial charge in [-0.05, 0) is 39.9 Å². The third-order valence-corrected chi connectivity index (χ3v) is 5.08. The second kappa shape index (κ2) is 7.19. The van der Waals surface area contributed by atoms with Crippen LogP contribution in [0.15, 0.2) is 72.8 Å². The Morgan fingerprint density at radius 1 is 0.893 bits per heavy atom. The fourth-order valence-electron chi connectivity index (χ4n) is 3.79. The molecule has 3 aromatic rings. The van der Waals surface area contributed by atoms with Gasteiger partial charge >= 0.3 is 12.1 Å². The Balaban J connectivity index is 1.76. The average molecular weight is 373 g/mol. The lowest BCUT2D eigenvalue weighted by molar-refractivity contribution is 0.0696. The number of carboxylic acids is 1. The van der Waals surface area contributed by atoms with E-state index in [2.05, 4.69) is 12.1 Å². The Kier molecular flexibility index (Phi) is 4.57. The van der Waals surface area contributed by atoms with Gasteiger partial charge in [-0.2, -0.15) is 0 Å². The smallest absolute Gasteiger partial charge is 0.410 e. The molecule has 4 rings (SSSR count). The molecule has 0 atom stereocenters. The van der Waals surface area contributed by atoms with Gasteiger partial charge in [0.15, 0.2) is 0 Å². The van der Waals surface area contributed by atoms with Crippen molar-refractivity contribution in [2.24, 2.45) is 0 Å². The number of amides is 1. The van der Waals surface area contributed by atoms with Gasteiger partial charge in [0, 0.05) is 6.54 Å². The first-order chi connectivity index (χ1) is 13.6. The van der Waals surface area contributed by atoms with E-state index in [0.717, 1.165) is 27.8 Å². The third-order valence-electron chi connectivity index (χ3n) is 5.08. The zero-order valence-electron chi connectivity index (χ0n) is 15.3. The zero-order chi connectivity index (χ0) is 19.7. The topological polar surface area (TPSA) is 66.8 Å². The van der Waals surface area contributed by atoms with E-state index in [1.165, 1.54) is 7.11 Å². The molecule has 28 heavy (non-hydrogen) atoms. The van der Waals surface area contributed by atoms with Gasteiger partial charge in [-0.1, -0.05) is 60.7 Å². The molecule has 0 spiro atoms. The maximum Gasteiger partial charge on any atom is 0.410 e. The number of benzene rings is 3. The summed E-state index contributed by atoms with van der Waals surface area (Å²) >= 11 is 0. The minimum atomic E-state index is -0.977. The number of fused-ring (bicyclic) bond motifs is 3. The Morgan fingerprint density at radius 2 is 1.43 bits per heavy atom. The number of nitrogens with zero attached hydrogens (tertiary/aromatic N) is 1. The number of carbonyl (C=O) groups is 2. The van der Waals surface area contributed by atoms with E-state index >= 15 is 0 Å². The van der Waals surface area contributed by atoms with E-state index < -0.39 is 12.1 Å². The van der Waals surface area contributed by atoms with Crippen molar-refractivity contribution in [1.82, 2.24) is 4.90 Å². The first kappa shape index (κ1) is 17.8. The minimum Gasteiger partial charge on any atom is -0.478 e. The van der Waals surface area contributed by atoms with Crippen LogP contribution in [-0.2, 0) is 11.3 Å². The minimum absolute atomic E-state index is 0.213. The van der Waals surface area contributed by atoms with Crippen molar-refractivity contribution in [3.05, 3.63) is 95.1 Å². The monoisotopic (exact) mass is 373 g/mol. The molecule has 1 aliphatic carbocycles. The summed E-state index contributed by atoms with van der Waals surface area (Å²) in [4.78, 5) is 25.5. The summed E-state index contributed by atoms with van der Waals surface area (Å²) in [7, 11) is 1.37. The molecule has 0 bridgehead atoms. The van der Waals surface area contributed by atoms with E-state index in [-0.39, 0.29) is 11.6 Å². The molecule has 0 fully saturated rings. The second-order valence-electron chi connectivity index (χ2n) is 6.68. The molecular weight excluding hydrogens is 354 g/mol. The van der Waals surface area contributed by atoms with E-state index in [1.807, 2.05) is 36.4 Å². The lowest BCUT2D eigenvalue weighted by Crippen LogP contribution is -2.34. The lowest BCUT2D eigenvalue weighted by atomic mass is 10.0. The second-order valence-corrected chi connectivity index (χ2v) is 6.68. The van der Waals surface area contributed by atoms with Crippen LogP contribution < -0.4 is 0 Å². The number of carboxylic acid groups (broad SMARTS) is 1. The van der Waals surface area contributed by atoms with Gasteiger partial charge in [0.2, 0.25) is 0 Å². The molecule has 140 valence electrons. The molecule has 0 aromatic heterocycles. The summed E-state index contributed by atoms with van der Waals surface area (Å²) in [5.41, 5.74) is 5.37. The van der Waals surface area contributed by atoms with Crippen LogP contribution in [0.5, 0.6) is 0 Å². The normalized spacial score (nSPS) is 12.2. The standard InChI is InChI=1S/C23H19NO4/c1-28-23(27)24(14-15-10-12-16(13-11-15)22(25)26)21-19-8-4-2-6-17(19)18-7-3-5-9-20(18)21/h2-13,21H,14H2,1H3,(H,25,26). The van der Waals surface area contributed by atoms with Crippen LogP contribution >= 0.6 is 0 Å². The summed E-state index contributed by atoms with van der Waals surface area (Å²) in [5, 5.41) is 9.09. The number of ether oxygens (including phenoxy) is 1. The number of carbonyl (C=O) groups excluding carboxylic acids is 1. The Hall–Kier alpha value is -3.60. The number of rotatable bonds is 4. The van der Waals surface area contributed by atoms with Gasteiger partial charge in [0.25, 0.3) is 0 Å². The number of hydrogen-bond acceptors (Lipinski definition) is 3. The largest absolute Gasteiger partial charge is 0.478 e. The van der Waals surface area contributed by atoms with E-state index in [9.17, 15) is 9.59 Å². The predicted octanol–water partition coefficient (Wildman–Crippen LogP) is 4.72. The first-order valence-electron chi connectivity index (χ1n) is 8.95. The highest BCUT2D eigenvalue weighted by Crippen LogP contribution is 2.46. The van der Waals surface area contributed by atoms with Gasteiger partial charge < -0.3 is 9.84 Å². The molecule has 0 heterocycles. The Bertz CT molecular complexity index is 997. The summed E-state index contributed by atoms with van der Waals surface area (Å²) in [6, 6.07) is 22.4. The van der Waals surface area contributed by atoms with Crippen LogP contribution in [0.25, 0.3) is 11.1 Å². The van der Waals surface area contributed by atoms with Crippen molar-refractivity contribution in [3.63, 3.8) is 0 Å². The van der Waals surface area contributed by atoms with Gasteiger partial charge in [-0.25, -0.2) is 9.59 Å². The van der Waals surface area contributed by atoms with Crippen molar-refractivity contribution in [1.29, 1.82) is 0 Å². The average Bonchev–Trinajstić information content (AvgIpc) is 3.06. The number of aromatic carboxylic acids is 1. The van der Waals surface area contributed by atoms with Crippen molar-refractivity contribution in [2.45, 2.75) is 12.6 Å². The number of methoxy groups -OCH3 is 1. The SMILES string of the molecule is COC(=O)N(Cc1ccc(C(=O)O)cc1)C1c2ccccc2-c2ccccc21. The summed E-state index contributed by atoms with van der Waals surface area (Å²) in [5.74, 6) is -0.977. The highest BCUT2D eigenvalue weighted by molar-refractivity contribution is 5.87. The molecule has 0 radical (unpaired) electrons. The van der Waals surface area contributed by atoms with Crippen LogP contribution in [-0.4, -0.2) is 29.2 Å². The van der Waals surface area contributed by atoms with E-state index in [4.69, 9.17) is 9.84 Å². The van der Waals surface area contributed by atoms with Gasteiger partial charge in [0.1, 0.15) is 0 Å². The molecule has 0 saturated heterocycles. The fraction of sp³-hybridized carbons (Fsp3) is 0.130. The van der Waals surface area contributed by atoms with Crippen molar-refractivity contribution < 1.29 is 19.4 Å².